The molecule has 1 nitrogen and oxygen atoms in total. The normalized spacial score (nSPS) is 63.8. The Morgan fingerprint density at radius 1 is 1.08 bits per heavy atom. The minimum atomic E-state index is 0.468. The Balaban J connectivity index is 1.97. The van der Waals surface area contributed by atoms with E-state index in [1.165, 1.54) is 6.42 Å². The Hall–Kier alpha value is -0.590. The molecule has 0 aromatic carbocycles. The van der Waals surface area contributed by atoms with Gasteiger partial charge in [-0.2, -0.15) is 0 Å². The molecule has 4 rings (SSSR count). The number of fused-ring (bicyclic) bond motifs is 2. The van der Waals surface area contributed by atoms with Crippen molar-refractivity contribution >= 4 is 5.78 Å². The molecule has 0 aromatic rings. The van der Waals surface area contributed by atoms with E-state index in [0.717, 1.165) is 30.1 Å². The van der Waals surface area contributed by atoms with Crippen LogP contribution in [0.15, 0.2) is 12.2 Å². The minimum absolute atomic E-state index is 0.468. The Labute approximate surface area is 71.8 Å². The van der Waals surface area contributed by atoms with Crippen molar-refractivity contribution < 1.29 is 4.79 Å². The molecule has 0 aromatic heterocycles. The molecule has 0 aliphatic heterocycles. The second-order valence-electron chi connectivity index (χ2n) is 4.96. The number of carbonyl (C=O) groups is 1. The molecule has 3 fully saturated rings. The van der Waals surface area contributed by atoms with Gasteiger partial charge < -0.3 is 0 Å². The van der Waals surface area contributed by atoms with Crippen molar-refractivity contribution in [3.8, 4) is 0 Å². The summed E-state index contributed by atoms with van der Waals surface area (Å²) < 4.78 is 0. The molecule has 0 spiro atoms. The highest BCUT2D eigenvalue weighted by Crippen LogP contribution is 2.67. The molecule has 62 valence electrons. The molecule has 0 N–H and O–H groups in total. The van der Waals surface area contributed by atoms with Crippen molar-refractivity contribution in [3.05, 3.63) is 12.2 Å². The highest BCUT2D eigenvalue weighted by atomic mass is 16.1. The van der Waals surface area contributed by atoms with Gasteiger partial charge in [-0.15, -0.1) is 0 Å². The third kappa shape index (κ3) is 0.408. The van der Waals surface area contributed by atoms with Crippen LogP contribution in [-0.4, -0.2) is 5.78 Å². The van der Waals surface area contributed by atoms with Crippen LogP contribution in [0.5, 0.6) is 0 Å². The third-order valence-corrected chi connectivity index (χ3v) is 4.82. The average Bonchev–Trinajstić information content (AvgIpc) is 2.58. The Morgan fingerprint density at radius 2 is 1.92 bits per heavy atom. The van der Waals surface area contributed by atoms with Gasteiger partial charge in [0.25, 0.3) is 0 Å². The zero-order chi connectivity index (χ0) is 7.87. The van der Waals surface area contributed by atoms with Gasteiger partial charge >= 0.3 is 0 Å². The molecule has 3 saturated carbocycles. The molecule has 2 bridgehead atoms. The number of ketones is 1. The SMILES string of the molecule is O=C1CC2C3C=CC4C3CC2C14. The Morgan fingerprint density at radius 3 is 2.83 bits per heavy atom. The number of hydrogen-bond acceptors (Lipinski definition) is 1. The van der Waals surface area contributed by atoms with Gasteiger partial charge in [0.15, 0.2) is 0 Å². The summed E-state index contributed by atoms with van der Waals surface area (Å²) in [5.41, 5.74) is 0. The summed E-state index contributed by atoms with van der Waals surface area (Å²) in [4.78, 5) is 11.6. The first kappa shape index (κ1) is 5.95. The molecular formula is C11H12O. The van der Waals surface area contributed by atoms with Crippen LogP contribution in [0.3, 0.4) is 0 Å². The molecule has 4 aliphatic carbocycles. The lowest BCUT2D eigenvalue weighted by molar-refractivity contribution is -0.121. The number of rotatable bonds is 0. The molecule has 1 heteroatoms. The minimum Gasteiger partial charge on any atom is -0.299 e. The summed E-state index contributed by atoms with van der Waals surface area (Å²) in [5, 5.41) is 0. The van der Waals surface area contributed by atoms with Gasteiger partial charge in [0, 0.05) is 12.3 Å². The lowest BCUT2D eigenvalue weighted by Crippen LogP contribution is -2.23. The first-order valence-electron chi connectivity index (χ1n) is 5.07. The van der Waals surface area contributed by atoms with Crippen molar-refractivity contribution in [3.63, 3.8) is 0 Å². The zero-order valence-corrected chi connectivity index (χ0v) is 6.94. The molecule has 0 heterocycles. The standard InChI is InChI=1S/C11H12O/c12-10-4-8-5-1-2-6-7(5)3-9(8)11(6)10/h1-2,5-9,11H,3-4H2. The third-order valence-electron chi connectivity index (χ3n) is 4.82. The van der Waals surface area contributed by atoms with Gasteiger partial charge in [-0.1, -0.05) is 12.2 Å². The average molecular weight is 160 g/mol. The van der Waals surface area contributed by atoms with E-state index in [1.54, 1.807) is 0 Å². The first-order valence-corrected chi connectivity index (χ1v) is 5.07. The summed E-state index contributed by atoms with van der Waals surface area (Å²) in [7, 11) is 0. The lowest BCUT2D eigenvalue weighted by Gasteiger charge is -2.24. The van der Waals surface area contributed by atoms with Crippen LogP contribution in [0.4, 0.5) is 0 Å². The van der Waals surface area contributed by atoms with Gasteiger partial charge in [-0.25, -0.2) is 0 Å². The van der Waals surface area contributed by atoms with Gasteiger partial charge in [0.05, 0.1) is 0 Å². The van der Waals surface area contributed by atoms with Gasteiger partial charge in [-0.3, -0.25) is 4.79 Å². The topological polar surface area (TPSA) is 17.1 Å². The Bertz CT molecular complexity index is 304. The fraction of sp³-hybridized carbons (Fsp3) is 0.727. The van der Waals surface area contributed by atoms with E-state index in [2.05, 4.69) is 12.2 Å². The predicted octanol–water partition coefficient (Wildman–Crippen LogP) is 1.64. The zero-order valence-electron chi connectivity index (χ0n) is 6.94. The largest absolute Gasteiger partial charge is 0.299 e. The summed E-state index contributed by atoms with van der Waals surface area (Å²) in [6.07, 6.45) is 7.03. The fourth-order valence-electron chi connectivity index (χ4n) is 4.54. The summed E-state index contributed by atoms with van der Waals surface area (Å²) >= 11 is 0. The monoisotopic (exact) mass is 160 g/mol. The predicted molar refractivity (Wildman–Crippen MR) is 44.3 cm³/mol. The number of hydrogen-bond donors (Lipinski definition) is 0. The molecule has 0 saturated heterocycles. The molecule has 0 radical (unpaired) electrons. The van der Waals surface area contributed by atoms with E-state index in [0.29, 0.717) is 17.6 Å². The van der Waals surface area contributed by atoms with Crippen molar-refractivity contribution in [1.29, 1.82) is 0 Å². The molecular weight excluding hydrogens is 148 g/mol. The second-order valence-corrected chi connectivity index (χ2v) is 4.96. The summed E-state index contributed by atoms with van der Waals surface area (Å²) in [5.74, 6) is 4.99. The van der Waals surface area contributed by atoms with E-state index < -0.39 is 0 Å². The maximum Gasteiger partial charge on any atom is 0.137 e. The van der Waals surface area contributed by atoms with Crippen LogP contribution in [-0.2, 0) is 4.79 Å². The van der Waals surface area contributed by atoms with Crippen molar-refractivity contribution in [2.45, 2.75) is 12.8 Å². The quantitative estimate of drug-likeness (QED) is 0.492. The van der Waals surface area contributed by atoms with Crippen molar-refractivity contribution in [1.82, 2.24) is 0 Å². The van der Waals surface area contributed by atoms with E-state index >= 15 is 0 Å². The summed E-state index contributed by atoms with van der Waals surface area (Å²) in [6, 6.07) is 0. The molecule has 4 aliphatic rings. The van der Waals surface area contributed by atoms with Gasteiger partial charge in [0.1, 0.15) is 5.78 Å². The van der Waals surface area contributed by atoms with Crippen LogP contribution in [0.25, 0.3) is 0 Å². The van der Waals surface area contributed by atoms with E-state index in [9.17, 15) is 4.79 Å². The number of allylic oxidation sites excluding steroid dienone is 2. The molecule has 6 atom stereocenters. The highest BCUT2D eigenvalue weighted by Gasteiger charge is 2.64. The lowest BCUT2D eigenvalue weighted by atomic mass is 9.79. The summed E-state index contributed by atoms with van der Waals surface area (Å²) in [6.45, 7) is 0. The van der Waals surface area contributed by atoms with E-state index in [4.69, 9.17) is 0 Å². The van der Waals surface area contributed by atoms with Crippen LogP contribution < -0.4 is 0 Å². The number of Topliss-reactive ketones (excluding diaryl/α,β-unsaturated/α-hetero) is 1. The maximum atomic E-state index is 11.6. The van der Waals surface area contributed by atoms with Crippen LogP contribution >= 0.6 is 0 Å². The van der Waals surface area contributed by atoms with Gasteiger partial charge in [-0.05, 0) is 36.0 Å². The maximum absolute atomic E-state index is 11.6. The van der Waals surface area contributed by atoms with Crippen LogP contribution in [0.1, 0.15) is 12.8 Å². The smallest absolute Gasteiger partial charge is 0.137 e. The van der Waals surface area contributed by atoms with E-state index in [-0.39, 0.29) is 0 Å². The first-order chi connectivity index (χ1) is 5.86. The van der Waals surface area contributed by atoms with Crippen LogP contribution in [0, 0.1) is 35.5 Å². The number of carbonyl (C=O) groups excluding carboxylic acids is 1. The Kier molecular flexibility index (Phi) is 0.768. The molecule has 0 amide bonds. The van der Waals surface area contributed by atoms with Crippen molar-refractivity contribution in [2.75, 3.05) is 0 Å². The highest BCUT2D eigenvalue weighted by molar-refractivity contribution is 5.86. The van der Waals surface area contributed by atoms with Gasteiger partial charge in [0.2, 0.25) is 0 Å². The van der Waals surface area contributed by atoms with E-state index in [1.807, 2.05) is 0 Å². The molecule has 12 heavy (non-hydrogen) atoms. The van der Waals surface area contributed by atoms with Crippen LogP contribution in [0.2, 0.25) is 0 Å². The second kappa shape index (κ2) is 1.55. The fourth-order valence-corrected chi connectivity index (χ4v) is 4.54. The molecule has 6 unspecified atom stereocenters. The van der Waals surface area contributed by atoms with Crippen molar-refractivity contribution in [2.24, 2.45) is 35.5 Å².